The first kappa shape index (κ1) is 16.5. The summed E-state index contributed by atoms with van der Waals surface area (Å²) >= 11 is 0. The van der Waals surface area contributed by atoms with Crippen LogP contribution in [0.5, 0.6) is 0 Å². The van der Waals surface area contributed by atoms with E-state index >= 15 is 0 Å². The summed E-state index contributed by atoms with van der Waals surface area (Å²) in [5.74, 6) is -3.37. The number of hydrogen-bond donors (Lipinski definition) is 1. The van der Waals surface area contributed by atoms with Gasteiger partial charge in [-0.25, -0.2) is 27.1 Å². The molecular formula is C12H15F2NO4S. The Morgan fingerprint density at radius 3 is 2.45 bits per heavy atom. The van der Waals surface area contributed by atoms with Gasteiger partial charge < -0.3 is 4.74 Å². The third kappa shape index (κ3) is 4.24. The molecule has 0 atom stereocenters. The maximum Gasteiger partial charge on any atom is 0.341 e. The largest absolute Gasteiger partial charge is 0.462 e. The van der Waals surface area contributed by atoms with Crippen LogP contribution < -0.4 is 5.14 Å². The van der Waals surface area contributed by atoms with Crippen LogP contribution in [0.2, 0.25) is 0 Å². The van der Waals surface area contributed by atoms with Crippen LogP contribution in [-0.4, -0.2) is 21.0 Å². The standard InChI is InChI=1S/C12H15F2NO4S/c1-7(2)3-4-19-12(16)9-5-8(13)6-10(11(9)14)20(15,17)18/h5-7H,3-4H2,1-2H3,(H2,15,17,18). The van der Waals surface area contributed by atoms with Crippen LogP contribution in [0.1, 0.15) is 30.6 Å². The van der Waals surface area contributed by atoms with E-state index in [2.05, 4.69) is 0 Å². The minimum atomic E-state index is -4.47. The van der Waals surface area contributed by atoms with E-state index in [1.807, 2.05) is 13.8 Å². The summed E-state index contributed by atoms with van der Waals surface area (Å²) in [4.78, 5) is 10.5. The quantitative estimate of drug-likeness (QED) is 0.841. The van der Waals surface area contributed by atoms with Gasteiger partial charge in [-0.05, 0) is 24.5 Å². The zero-order valence-electron chi connectivity index (χ0n) is 11.0. The molecule has 0 saturated heterocycles. The van der Waals surface area contributed by atoms with Crippen LogP contribution in [0.25, 0.3) is 0 Å². The second-order valence-corrected chi connectivity index (χ2v) is 6.16. The number of halogens is 2. The molecule has 5 nitrogen and oxygen atoms in total. The molecule has 0 heterocycles. The molecular weight excluding hydrogens is 292 g/mol. The SMILES string of the molecule is CC(C)CCOC(=O)c1cc(F)cc(S(N)(=O)=O)c1F. The summed E-state index contributed by atoms with van der Waals surface area (Å²) < 4.78 is 54.1. The van der Waals surface area contributed by atoms with Crippen LogP contribution in [-0.2, 0) is 14.8 Å². The third-order valence-electron chi connectivity index (χ3n) is 2.46. The van der Waals surface area contributed by atoms with E-state index < -0.39 is 38.1 Å². The Balaban J connectivity index is 3.07. The van der Waals surface area contributed by atoms with Gasteiger partial charge in [0.25, 0.3) is 0 Å². The molecule has 0 bridgehead atoms. The van der Waals surface area contributed by atoms with Crippen molar-refractivity contribution in [2.45, 2.75) is 25.2 Å². The van der Waals surface area contributed by atoms with Crippen LogP contribution in [0.4, 0.5) is 8.78 Å². The van der Waals surface area contributed by atoms with Crippen molar-refractivity contribution in [3.8, 4) is 0 Å². The zero-order valence-corrected chi connectivity index (χ0v) is 11.8. The molecule has 0 aliphatic carbocycles. The second kappa shape index (κ2) is 6.27. The molecule has 0 spiro atoms. The van der Waals surface area contributed by atoms with Gasteiger partial charge in [0.15, 0.2) is 5.82 Å². The Bertz CT molecular complexity index is 614. The second-order valence-electron chi connectivity index (χ2n) is 4.63. The van der Waals surface area contributed by atoms with Crippen molar-refractivity contribution in [1.29, 1.82) is 0 Å². The first-order chi connectivity index (χ1) is 9.12. The highest BCUT2D eigenvalue weighted by atomic mass is 32.2. The first-order valence-electron chi connectivity index (χ1n) is 5.82. The zero-order chi connectivity index (χ0) is 15.5. The Labute approximate surface area is 115 Å². The molecule has 1 rings (SSSR count). The molecule has 20 heavy (non-hydrogen) atoms. The number of sulfonamides is 1. The van der Waals surface area contributed by atoms with Gasteiger partial charge in [-0.3, -0.25) is 0 Å². The van der Waals surface area contributed by atoms with E-state index in [-0.39, 0.29) is 12.5 Å². The van der Waals surface area contributed by atoms with Crippen molar-refractivity contribution in [3.05, 3.63) is 29.3 Å². The molecule has 112 valence electrons. The van der Waals surface area contributed by atoms with E-state index in [0.717, 1.165) is 0 Å². The molecule has 0 unspecified atom stereocenters. The Morgan fingerprint density at radius 2 is 1.95 bits per heavy atom. The molecule has 0 radical (unpaired) electrons. The predicted octanol–water partition coefficient (Wildman–Crippen LogP) is 1.82. The van der Waals surface area contributed by atoms with Crippen LogP contribution >= 0.6 is 0 Å². The van der Waals surface area contributed by atoms with Gasteiger partial charge in [0.05, 0.1) is 12.2 Å². The fourth-order valence-electron chi connectivity index (χ4n) is 1.38. The lowest BCUT2D eigenvalue weighted by Crippen LogP contribution is -2.18. The first-order valence-corrected chi connectivity index (χ1v) is 7.36. The van der Waals surface area contributed by atoms with Gasteiger partial charge in [-0.1, -0.05) is 13.8 Å². The van der Waals surface area contributed by atoms with E-state index in [0.29, 0.717) is 18.6 Å². The number of esters is 1. The number of benzene rings is 1. The number of hydrogen-bond acceptors (Lipinski definition) is 4. The van der Waals surface area contributed by atoms with Gasteiger partial charge in [-0.15, -0.1) is 0 Å². The van der Waals surface area contributed by atoms with Crippen molar-refractivity contribution in [3.63, 3.8) is 0 Å². The summed E-state index contributed by atoms with van der Waals surface area (Å²) in [5.41, 5.74) is -0.794. The lowest BCUT2D eigenvalue weighted by Gasteiger charge is -2.09. The van der Waals surface area contributed by atoms with Gasteiger partial charge in [0, 0.05) is 0 Å². The molecule has 1 aromatic rings. The van der Waals surface area contributed by atoms with Crippen molar-refractivity contribution in [1.82, 2.24) is 0 Å². The van der Waals surface area contributed by atoms with Crippen molar-refractivity contribution < 1.29 is 26.7 Å². The number of carbonyl (C=O) groups excluding carboxylic acids is 1. The molecule has 0 aliphatic rings. The monoisotopic (exact) mass is 307 g/mol. The highest BCUT2D eigenvalue weighted by Gasteiger charge is 2.24. The molecule has 8 heteroatoms. The van der Waals surface area contributed by atoms with Crippen molar-refractivity contribution in [2.75, 3.05) is 6.61 Å². The van der Waals surface area contributed by atoms with E-state index in [4.69, 9.17) is 9.88 Å². The summed E-state index contributed by atoms with van der Waals surface area (Å²) in [6.45, 7) is 3.82. The molecule has 0 fully saturated rings. The number of ether oxygens (including phenoxy) is 1. The highest BCUT2D eigenvalue weighted by molar-refractivity contribution is 7.89. The maximum absolute atomic E-state index is 13.9. The number of rotatable bonds is 5. The lowest BCUT2D eigenvalue weighted by molar-refractivity contribution is 0.0481. The highest BCUT2D eigenvalue weighted by Crippen LogP contribution is 2.20. The Hall–Kier alpha value is -1.54. The van der Waals surface area contributed by atoms with Gasteiger partial charge in [0.2, 0.25) is 10.0 Å². The molecule has 2 N–H and O–H groups in total. The maximum atomic E-state index is 13.9. The predicted molar refractivity (Wildman–Crippen MR) is 67.5 cm³/mol. The third-order valence-corrected chi connectivity index (χ3v) is 3.37. The lowest BCUT2D eigenvalue weighted by atomic mass is 10.1. The van der Waals surface area contributed by atoms with Crippen LogP contribution in [0.3, 0.4) is 0 Å². The number of primary sulfonamides is 1. The molecule has 0 amide bonds. The topological polar surface area (TPSA) is 86.5 Å². The smallest absolute Gasteiger partial charge is 0.341 e. The van der Waals surface area contributed by atoms with Crippen molar-refractivity contribution >= 4 is 16.0 Å². The van der Waals surface area contributed by atoms with Crippen molar-refractivity contribution in [2.24, 2.45) is 11.1 Å². The summed E-state index contributed by atoms with van der Waals surface area (Å²) in [5, 5.41) is 4.75. The normalized spacial score (nSPS) is 11.7. The minimum absolute atomic E-state index is 0.0250. The van der Waals surface area contributed by atoms with E-state index in [1.54, 1.807) is 0 Å². The van der Waals surface area contributed by atoms with Gasteiger partial charge >= 0.3 is 5.97 Å². The van der Waals surface area contributed by atoms with Gasteiger partial charge in [-0.2, -0.15) is 0 Å². The number of nitrogens with two attached hydrogens (primary N) is 1. The molecule has 0 aromatic heterocycles. The number of carbonyl (C=O) groups is 1. The fraction of sp³-hybridized carbons (Fsp3) is 0.417. The Kier molecular flexibility index (Phi) is 5.18. The molecule has 0 saturated carbocycles. The summed E-state index contributed by atoms with van der Waals surface area (Å²) in [6, 6.07) is 0.983. The average molecular weight is 307 g/mol. The van der Waals surface area contributed by atoms with Gasteiger partial charge in [0.1, 0.15) is 10.7 Å². The van der Waals surface area contributed by atoms with Crippen LogP contribution in [0.15, 0.2) is 17.0 Å². The minimum Gasteiger partial charge on any atom is -0.462 e. The summed E-state index contributed by atoms with van der Waals surface area (Å²) in [6.07, 6.45) is 0.546. The summed E-state index contributed by atoms with van der Waals surface area (Å²) in [7, 11) is -4.47. The molecule has 0 aliphatic heterocycles. The fourth-order valence-corrected chi connectivity index (χ4v) is 2.02. The van der Waals surface area contributed by atoms with Crippen LogP contribution in [0, 0.1) is 17.6 Å². The Morgan fingerprint density at radius 1 is 1.35 bits per heavy atom. The molecule has 1 aromatic carbocycles. The average Bonchev–Trinajstić information content (AvgIpc) is 2.29. The van der Waals surface area contributed by atoms with E-state index in [9.17, 15) is 22.0 Å². The van der Waals surface area contributed by atoms with E-state index in [1.165, 1.54) is 0 Å².